The second-order valence-corrected chi connectivity index (χ2v) is 6.43. The number of nitrogens with one attached hydrogen (secondary N) is 2. The van der Waals surface area contributed by atoms with Crippen molar-refractivity contribution in [1.82, 2.24) is 4.98 Å². The van der Waals surface area contributed by atoms with Gasteiger partial charge in [0.05, 0.1) is 37.4 Å². The summed E-state index contributed by atoms with van der Waals surface area (Å²) in [7, 11) is 3.19. The Morgan fingerprint density at radius 3 is 2.43 bits per heavy atom. The van der Waals surface area contributed by atoms with Crippen LogP contribution in [0, 0.1) is 13.8 Å². The molecule has 0 fully saturated rings. The van der Waals surface area contributed by atoms with Crippen molar-refractivity contribution in [2.75, 3.05) is 24.9 Å². The molecule has 0 aliphatic carbocycles. The zero-order chi connectivity index (χ0) is 20.1. The molecule has 0 aliphatic rings. The molecule has 2 aromatic carbocycles. The van der Waals surface area contributed by atoms with E-state index in [1.165, 1.54) is 6.20 Å². The maximum atomic E-state index is 12.6. The van der Waals surface area contributed by atoms with Crippen molar-refractivity contribution in [3.05, 3.63) is 71.5 Å². The highest BCUT2D eigenvalue weighted by Crippen LogP contribution is 2.31. The van der Waals surface area contributed by atoms with E-state index in [1.807, 2.05) is 44.2 Å². The maximum absolute atomic E-state index is 12.6. The number of aryl methyl sites for hydroxylation is 2. The number of carbonyl (C=O) groups excluding carboxylic acids is 1. The Morgan fingerprint density at radius 1 is 0.929 bits per heavy atom. The Bertz CT molecular complexity index is 1000. The van der Waals surface area contributed by atoms with E-state index in [2.05, 4.69) is 15.6 Å². The third kappa shape index (κ3) is 4.40. The van der Waals surface area contributed by atoms with Crippen molar-refractivity contribution >= 4 is 23.0 Å². The third-order valence-electron chi connectivity index (χ3n) is 4.32. The topological polar surface area (TPSA) is 72.5 Å². The predicted octanol–water partition coefficient (Wildman–Crippen LogP) is 4.71. The number of anilines is 3. The van der Waals surface area contributed by atoms with E-state index in [9.17, 15) is 4.79 Å². The van der Waals surface area contributed by atoms with Gasteiger partial charge in [0.1, 0.15) is 11.5 Å². The van der Waals surface area contributed by atoms with Crippen LogP contribution in [0.5, 0.6) is 11.5 Å². The largest absolute Gasteiger partial charge is 0.497 e. The lowest BCUT2D eigenvalue weighted by Gasteiger charge is -2.13. The molecule has 0 bridgehead atoms. The first kappa shape index (κ1) is 19.2. The number of pyridine rings is 1. The first-order chi connectivity index (χ1) is 13.5. The van der Waals surface area contributed by atoms with Gasteiger partial charge in [-0.3, -0.25) is 9.78 Å². The fourth-order valence-electron chi connectivity index (χ4n) is 2.84. The molecule has 144 valence electrons. The molecule has 2 N–H and O–H groups in total. The van der Waals surface area contributed by atoms with E-state index in [4.69, 9.17) is 9.47 Å². The summed E-state index contributed by atoms with van der Waals surface area (Å²) in [5, 5.41) is 6.16. The van der Waals surface area contributed by atoms with Crippen molar-refractivity contribution in [2.24, 2.45) is 0 Å². The summed E-state index contributed by atoms with van der Waals surface area (Å²) in [6, 6.07) is 13.1. The van der Waals surface area contributed by atoms with Gasteiger partial charge in [-0.15, -0.1) is 0 Å². The van der Waals surface area contributed by atoms with Crippen LogP contribution in [0.25, 0.3) is 0 Å². The molecule has 3 rings (SSSR count). The minimum Gasteiger partial charge on any atom is -0.497 e. The van der Waals surface area contributed by atoms with Crippen LogP contribution in [0.4, 0.5) is 17.1 Å². The Morgan fingerprint density at radius 2 is 1.71 bits per heavy atom. The van der Waals surface area contributed by atoms with Crippen LogP contribution < -0.4 is 20.1 Å². The van der Waals surface area contributed by atoms with Crippen LogP contribution in [0.2, 0.25) is 0 Å². The molecular weight excluding hydrogens is 354 g/mol. The molecule has 3 aromatic rings. The molecular formula is C22H23N3O3. The molecule has 1 amide bonds. The van der Waals surface area contributed by atoms with Gasteiger partial charge < -0.3 is 20.1 Å². The SMILES string of the molecule is COc1ccc(Nc2cncc(C(=O)Nc3ccc(C)cc3C)c2)c(OC)c1. The fraction of sp³-hybridized carbons (Fsp3) is 0.182. The molecule has 1 heterocycles. The number of hydrogen-bond acceptors (Lipinski definition) is 5. The summed E-state index contributed by atoms with van der Waals surface area (Å²) in [4.78, 5) is 16.8. The van der Waals surface area contributed by atoms with Gasteiger partial charge in [0.25, 0.3) is 5.91 Å². The Labute approximate surface area is 164 Å². The zero-order valence-corrected chi connectivity index (χ0v) is 16.4. The standard InChI is InChI=1S/C22H23N3O3/c1-14-5-7-19(15(2)9-14)25-22(26)16-10-17(13-23-12-16)24-20-8-6-18(27-3)11-21(20)28-4/h5-13,24H,1-4H3,(H,25,26). The number of benzene rings is 2. The van der Waals surface area contributed by atoms with Crippen molar-refractivity contribution in [1.29, 1.82) is 0 Å². The monoisotopic (exact) mass is 377 g/mol. The van der Waals surface area contributed by atoms with Crippen LogP contribution in [0.1, 0.15) is 21.5 Å². The number of hydrogen-bond donors (Lipinski definition) is 2. The molecule has 0 atom stereocenters. The Balaban J connectivity index is 1.79. The van der Waals surface area contributed by atoms with Crippen LogP contribution in [-0.4, -0.2) is 25.1 Å². The first-order valence-corrected chi connectivity index (χ1v) is 8.83. The van der Waals surface area contributed by atoms with Gasteiger partial charge in [0.15, 0.2) is 0 Å². The van der Waals surface area contributed by atoms with Crippen molar-refractivity contribution in [3.8, 4) is 11.5 Å². The van der Waals surface area contributed by atoms with Crippen molar-refractivity contribution in [3.63, 3.8) is 0 Å². The van der Waals surface area contributed by atoms with Crippen molar-refractivity contribution < 1.29 is 14.3 Å². The quantitative estimate of drug-likeness (QED) is 0.651. The van der Waals surface area contributed by atoms with Gasteiger partial charge in [-0.1, -0.05) is 17.7 Å². The van der Waals surface area contributed by atoms with Crippen molar-refractivity contribution in [2.45, 2.75) is 13.8 Å². The predicted molar refractivity (Wildman–Crippen MR) is 111 cm³/mol. The molecule has 1 aromatic heterocycles. The third-order valence-corrected chi connectivity index (χ3v) is 4.32. The number of carbonyl (C=O) groups is 1. The van der Waals surface area contributed by atoms with Gasteiger partial charge in [0, 0.05) is 18.0 Å². The summed E-state index contributed by atoms with van der Waals surface area (Å²) in [6.45, 7) is 3.99. The van der Waals surface area contributed by atoms with E-state index < -0.39 is 0 Å². The highest BCUT2D eigenvalue weighted by molar-refractivity contribution is 6.05. The normalized spacial score (nSPS) is 10.3. The number of nitrogens with zero attached hydrogens (tertiary/aromatic N) is 1. The van der Waals surface area contributed by atoms with Crippen LogP contribution in [-0.2, 0) is 0 Å². The lowest BCUT2D eigenvalue weighted by Crippen LogP contribution is -2.13. The maximum Gasteiger partial charge on any atom is 0.257 e. The van der Waals surface area contributed by atoms with E-state index in [0.29, 0.717) is 22.7 Å². The zero-order valence-electron chi connectivity index (χ0n) is 16.4. The lowest BCUT2D eigenvalue weighted by molar-refractivity contribution is 0.102. The van der Waals surface area contributed by atoms with E-state index in [1.54, 1.807) is 32.5 Å². The van der Waals surface area contributed by atoms with E-state index in [-0.39, 0.29) is 5.91 Å². The number of aromatic nitrogens is 1. The smallest absolute Gasteiger partial charge is 0.257 e. The molecule has 6 nitrogen and oxygen atoms in total. The van der Waals surface area contributed by atoms with Gasteiger partial charge in [-0.2, -0.15) is 0 Å². The Hall–Kier alpha value is -3.54. The molecule has 0 radical (unpaired) electrons. The van der Waals surface area contributed by atoms with Gasteiger partial charge in [-0.05, 0) is 43.7 Å². The number of amides is 1. The minimum absolute atomic E-state index is 0.218. The minimum atomic E-state index is -0.218. The van der Waals surface area contributed by atoms with Crippen LogP contribution in [0.15, 0.2) is 54.9 Å². The molecule has 0 spiro atoms. The summed E-state index contributed by atoms with van der Waals surface area (Å²) >= 11 is 0. The molecule has 0 unspecified atom stereocenters. The van der Waals surface area contributed by atoms with E-state index >= 15 is 0 Å². The van der Waals surface area contributed by atoms with Gasteiger partial charge in [-0.25, -0.2) is 0 Å². The lowest BCUT2D eigenvalue weighted by atomic mass is 10.1. The average molecular weight is 377 g/mol. The molecule has 0 saturated heterocycles. The second kappa shape index (κ2) is 8.43. The highest BCUT2D eigenvalue weighted by atomic mass is 16.5. The van der Waals surface area contributed by atoms with Crippen LogP contribution >= 0.6 is 0 Å². The summed E-state index contributed by atoms with van der Waals surface area (Å²) in [6.07, 6.45) is 3.19. The number of methoxy groups -OCH3 is 2. The first-order valence-electron chi connectivity index (χ1n) is 8.83. The Kier molecular flexibility index (Phi) is 5.79. The molecule has 6 heteroatoms. The van der Waals surface area contributed by atoms with Gasteiger partial charge in [0.2, 0.25) is 0 Å². The molecule has 0 saturated carbocycles. The second-order valence-electron chi connectivity index (χ2n) is 6.43. The summed E-state index contributed by atoms with van der Waals surface area (Å²) in [5.41, 5.74) is 4.83. The molecule has 28 heavy (non-hydrogen) atoms. The molecule has 0 aliphatic heterocycles. The number of rotatable bonds is 6. The summed E-state index contributed by atoms with van der Waals surface area (Å²) < 4.78 is 10.6. The summed E-state index contributed by atoms with van der Waals surface area (Å²) in [5.74, 6) is 1.11. The van der Waals surface area contributed by atoms with Gasteiger partial charge >= 0.3 is 0 Å². The number of ether oxygens (including phenoxy) is 2. The average Bonchev–Trinajstić information content (AvgIpc) is 2.70. The fourth-order valence-corrected chi connectivity index (χ4v) is 2.84. The van der Waals surface area contributed by atoms with E-state index in [0.717, 1.165) is 22.5 Å². The highest BCUT2D eigenvalue weighted by Gasteiger charge is 2.11. The van der Waals surface area contributed by atoms with Crippen LogP contribution in [0.3, 0.4) is 0 Å².